The highest BCUT2D eigenvalue weighted by molar-refractivity contribution is 5.87. The third-order valence-corrected chi connectivity index (χ3v) is 3.89. The van der Waals surface area contributed by atoms with E-state index in [4.69, 9.17) is 25.5 Å². The number of amides is 1. The maximum atomic E-state index is 11.9. The van der Waals surface area contributed by atoms with E-state index >= 15 is 0 Å². The Morgan fingerprint density at radius 2 is 1.83 bits per heavy atom. The van der Waals surface area contributed by atoms with E-state index in [0.29, 0.717) is 38.1 Å². The largest absolute Gasteiger partial charge is 0.442 e. The van der Waals surface area contributed by atoms with Gasteiger partial charge in [-0.25, -0.2) is 4.79 Å². The molecule has 1 saturated carbocycles. The number of piperidine rings is 1. The molecule has 2 aliphatic rings. The van der Waals surface area contributed by atoms with Crippen molar-refractivity contribution in [3.8, 4) is 0 Å². The molecule has 18 heavy (non-hydrogen) atoms. The van der Waals surface area contributed by atoms with Gasteiger partial charge in [0, 0.05) is 45.7 Å². The number of Topliss-reactive ketones (excluding diaryl/α,β-unsaturated/α-hetero) is 1. The van der Waals surface area contributed by atoms with Gasteiger partial charge in [0.1, 0.15) is 11.4 Å². The van der Waals surface area contributed by atoms with Crippen molar-refractivity contribution in [2.24, 2.45) is 5.41 Å². The summed E-state index contributed by atoms with van der Waals surface area (Å²) in [6, 6.07) is 0. The fraction of sp³-hybridized carbons (Fsp3) is 0.643. The molecule has 2 fully saturated rings. The first-order valence-electron chi connectivity index (χ1n) is 6.20. The Labute approximate surface area is 109 Å². The van der Waals surface area contributed by atoms with Crippen LogP contribution >= 0.6 is 0 Å². The van der Waals surface area contributed by atoms with Crippen LogP contribution in [-0.2, 0) is 9.53 Å². The van der Waals surface area contributed by atoms with E-state index in [2.05, 4.69) is 0 Å². The number of likely N-dealkylation sites (tertiary alicyclic amines) is 1. The van der Waals surface area contributed by atoms with Crippen LogP contribution in [0.2, 0.25) is 0 Å². The lowest BCUT2D eigenvalue weighted by molar-refractivity contribution is -0.128. The molecule has 1 aliphatic carbocycles. The summed E-state index contributed by atoms with van der Waals surface area (Å²) in [6.07, 6.45) is 3.32. The van der Waals surface area contributed by atoms with Crippen molar-refractivity contribution in [2.75, 3.05) is 13.1 Å². The molecular formula is C14H17NO3. The summed E-state index contributed by atoms with van der Waals surface area (Å²) in [4.78, 5) is 25.0. The number of hydrogen-bond acceptors (Lipinski definition) is 3. The maximum Gasteiger partial charge on any atom is 0.410 e. The quantitative estimate of drug-likeness (QED) is 0.710. The van der Waals surface area contributed by atoms with Crippen molar-refractivity contribution < 1.29 is 14.3 Å². The van der Waals surface area contributed by atoms with E-state index in [-0.39, 0.29) is 5.41 Å². The summed E-state index contributed by atoms with van der Waals surface area (Å²) in [5, 5.41) is 0. The molecule has 0 aromatic heterocycles. The lowest BCUT2D eigenvalue weighted by Gasteiger charge is -2.38. The summed E-state index contributed by atoms with van der Waals surface area (Å²) in [5.74, 6) is 0.335. The molecule has 1 spiro atoms. The van der Waals surface area contributed by atoms with Crippen LogP contribution in [0.15, 0.2) is 0 Å². The van der Waals surface area contributed by atoms with Crippen LogP contribution in [0.1, 0.15) is 32.1 Å². The van der Waals surface area contributed by atoms with Gasteiger partial charge in [0.05, 0.1) is 0 Å². The van der Waals surface area contributed by atoms with Crippen molar-refractivity contribution >= 4 is 11.9 Å². The standard InChI is InChI=1S/C14H17NO3/c1-13(2,3)18-12(17)15-9-7-14(8-10-15)6-4-5-11(14)16/h1-3H,4-10H2. The molecule has 96 valence electrons. The van der Waals surface area contributed by atoms with E-state index < -0.39 is 11.7 Å². The van der Waals surface area contributed by atoms with Crippen molar-refractivity contribution in [1.29, 1.82) is 0 Å². The van der Waals surface area contributed by atoms with Gasteiger partial charge in [-0.05, 0) is 25.7 Å². The van der Waals surface area contributed by atoms with Crippen molar-refractivity contribution in [3.05, 3.63) is 20.8 Å². The zero-order chi connectivity index (χ0) is 13.4. The normalized spacial score (nSPS) is 23.5. The van der Waals surface area contributed by atoms with Gasteiger partial charge in [0.25, 0.3) is 0 Å². The molecule has 1 aliphatic heterocycles. The number of carbonyl (C=O) groups excluding carboxylic acids is 2. The second kappa shape index (κ2) is 4.56. The van der Waals surface area contributed by atoms with Gasteiger partial charge >= 0.3 is 6.09 Å². The maximum absolute atomic E-state index is 11.9. The molecular weight excluding hydrogens is 230 g/mol. The molecule has 4 nitrogen and oxygen atoms in total. The smallest absolute Gasteiger partial charge is 0.410 e. The van der Waals surface area contributed by atoms with Crippen LogP contribution in [0.4, 0.5) is 4.79 Å². The fourth-order valence-corrected chi connectivity index (χ4v) is 2.85. The Hall–Kier alpha value is -1.06. The summed E-state index contributed by atoms with van der Waals surface area (Å²) >= 11 is 0. The Balaban J connectivity index is 1.91. The number of carbonyl (C=O) groups is 2. The first-order chi connectivity index (χ1) is 8.32. The van der Waals surface area contributed by atoms with Crippen LogP contribution < -0.4 is 0 Å². The first kappa shape index (κ1) is 13.4. The van der Waals surface area contributed by atoms with Gasteiger partial charge in [0.2, 0.25) is 0 Å². The fourth-order valence-electron chi connectivity index (χ4n) is 2.85. The Morgan fingerprint density at radius 3 is 2.28 bits per heavy atom. The number of nitrogens with zero attached hydrogens (tertiary/aromatic N) is 1. The minimum absolute atomic E-state index is 0.206. The molecule has 0 atom stereocenters. The summed E-state index contributed by atoms with van der Waals surface area (Å²) in [6.45, 7) is 16.6. The third-order valence-electron chi connectivity index (χ3n) is 3.89. The van der Waals surface area contributed by atoms with Crippen LogP contribution in [0.5, 0.6) is 0 Å². The van der Waals surface area contributed by atoms with Gasteiger partial charge < -0.3 is 9.64 Å². The molecule has 0 bridgehead atoms. The van der Waals surface area contributed by atoms with Gasteiger partial charge in [-0.2, -0.15) is 0 Å². The molecule has 1 amide bonds. The number of rotatable bonds is 1. The molecule has 1 saturated heterocycles. The van der Waals surface area contributed by atoms with Crippen LogP contribution in [-0.4, -0.2) is 35.5 Å². The van der Waals surface area contributed by atoms with Crippen LogP contribution in [0.3, 0.4) is 0 Å². The monoisotopic (exact) mass is 247 g/mol. The molecule has 0 aromatic rings. The lowest BCUT2D eigenvalue weighted by atomic mass is 9.76. The second-order valence-electron chi connectivity index (χ2n) is 5.27. The SMILES string of the molecule is [CH]C([CH])([CH])OC(=O)N1CCC2(CCCC2=O)CC1. The first-order valence-corrected chi connectivity index (χ1v) is 6.20. The van der Waals surface area contributed by atoms with Gasteiger partial charge in [-0.1, -0.05) is 0 Å². The second-order valence-corrected chi connectivity index (χ2v) is 5.27. The molecule has 2 rings (SSSR count). The number of hydrogen-bond donors (Lipinski definition) is 0. The zero-order valence-corrected chi connectivity index (χ0v) is 10.4. The van der Waals surface area contributed by atoms with Crippen molar-refractivity contribution in [1.82, 2.24) is 4.90 Å². The van der Waals surface area contributed by atoms with Gasteiger partial charge in [-0.3, -0.25) is 4.79 Å². The zero-order valence-electron chi connectivity index (χ0n) is 10.4. The average molecular weight is 247 g/mol. The van der Waals surface area contributed by atoms with Crippen LogP contribution in [0, 0.1) is 26.2 Å². The van der Waals surface area contributed by atoms with E-state index in [1.165, 1.54) is 4.90 Å². The van der Waals surface area contributed by atoms with Crippen molar-refractivity contribution in [3.63, 3.8) is 0 Å². The van der Waals surface area contributed by atoms with E-state index in [0.717, 1.165) is 12.8 Å². The summed E-state index contributed by atoms with van der Waals surface area (Å²) in [5.41, 5.74) is -2.16. The number of ether oxygens (including phenoxy) is 1. The minimum Gasteiger partial charge on any atom is -0.442 e. The predicted molar refractivity (Wildman–Crippen MR) is 64.2 cm³/mol. The highest BCUT2D eigenvalue weighted by Gasteiger charge is 2.44. The molecule has 1 heterocycles. The third kappa shape index (κ3) is 2.68. The Morgan fingerprint density at radius 1 is 1.22 bits per heavy atom. The van der Waals surface area contributed by atoms with E-state index in [1.54, 1.807) is 0 Å². The summed E-state index contributed by atoms with van der Waals surface area (Å²) in [7, 11) is 0. The van der Waals surface area contributed by atoms with Crippen molar-refractivity contribution in [2.45, 2.75) is 37.7 Å². The lowest BCUT2D eigenvalue weighted by Crippen LogP contribution is -2.46. The molecule has 4 heteroatoms. The molecule has 0 unspecified atom stereocenters. The minimum atomic E-state index is -1.95. The highest BCUT2D eigenvalue weighted by Crippen LogP contribution is 2.43. The Kier molecular flexibility index (Phi) is 3.39. The Bertz CT molecular complexity index is 349. The molecule has 0 aromatic carbocycles. The number of ketones is 1. The van der Waals surface area contributed by atoms with Crippen LogP contribution in [0.25, 0.3) is 0 Å². The van der Waals surface area contributed by atoms with Gasteiger partial charge in [0.15, 0.2) is 0 Å². The summed E-state index contributed by atoms with van der Waals surface area (Å²) < 4.78 is 4.69. The average Bonchev–Trinajstić information content (AvgIpc) is 2.59. The van der Waals surface area contributed by atoms with E-state index in [9.17, 15) is 9.59 Å². The highest BCUT2D eigenvalue weighted by atomic mass is 16.6. The van der Waals surface area contributed by atoms with Gasteiger partial charge in [-0.15, -0.1) is 0 Å². The molecule has 6 radical (unpaired) electrons. The topological polar surface area (TPSA) is 46.6 Å². The van der Waals surface area contributed by atoms with E-state index in [1.807, 2.05) is 0 Å². The predicted octanol–water partition coefficient (Wildman–Crippen LogP) is 1.83. The molecule has 0 N–H and O–H groups in total.